The van der Waals surface area contributed by atoms with Gasteiger partial charge in [-0.15, -0.1) is 11.3 Å². The van der Waals surface area contributed by atoms with E-state index in [0.717, 1.165) is 26.1 Å². The van der Waals surface area contributed by atoms with Gasteiger partial charge in [-0.05, 0) is 65.0 Å². The second kappa shape index (κ2) is 6.74. The molecule has 0 saturated heterocycles. The van der Waals surface area contributed by atoms with Gasteiger partial charge in [-0.3, -0.25) is 4.79 Å². The largest absolute Gasteiger partial charge is 0.351 e. The number of carbonyl (C=O) groups excluding carboxylic acids is 1. The molecule has 0 aliphatic carbocycles. The van der Waals surface area contributed by atoms with E-state index in [2.05, 4.69) is 42.1 Å². The van der Waals surface area contributed by atoms with Crippen LogP contribution < -0.4 is 5.32 Å². The molecule has 1 N–H and O–H groups in total. The smallest absolute Gasteiger partial charge is 0.261 e. The van der Waals surface area contributed by atoms with Crippen LogP contribution in [0.4, 0.5) is 0 Å². The zero-order valence-corrected chi connectivity index (χ0v) is 13.2. The minimum atomic E-state index is -0.00449. The molecule has 0 unspecified atom stereocenters. The number of halogens is 2. The number of nitrogens with one attached hydrogen (secondary N) is 1. The summed E-state index contributed by atoms with van der Waals surface area (Å²) in [6, 6.07) is 1.83. The third-order valence-corrected chi connectivity index (χ3v) is 5.19. The van der Waals surface area contributed by atoms with Crippen LogP contribution in [-0.4, -0.2) is 38.0 Å². The van der Waals surface area contributed by atoms with Gasteiger partial charge in [-0.2, -0.15) is 0 Å². The molecular formula is C10H14Br2N2OS. The van der Waals surface area contributed by atoms with Gasteiger partial charge in [0.15, 0.2) is 0 Å². The third-order valence-electron chi connectivity index (χ3n) is 1.94. The first-order valence-electron chi connectivity index (χ1n) is 4.88. The Morgan fingerprint density at radius 2 is 2.19 bits per heavy atom. The Bertz CT molecular complexity index is 346. The molecule has 0 aromatic carbocycles. The monoisotopic (exact) mass is 368 g/mol. The summed E-state index contributed by atoms with van der Waals surface area (Å²) in [6.45, 7) is 1.70. The normalized spacial score (nSPS) is 10.8. The first kappa shape index (κ1) is 14.2. The molecule has 1 aromatic heterocycles. The van der Waals surface area contributed by atoms with Crippen molar-refractivity contribution in [2.75, 3.05) is 27.2 Å². The molecular weight excluding hydrogens is 356 g/mol. The van der Waals surface area contributed by atoms with E-state index in [1.54, 1.807) is 0 Å². The van der Waals surface area contributed by atoms with E-state index in [4.69, 9.17) is 0 Å². The minimum Gasteiger partial charge on any atom is -0.351 e. The molecule has 1 aromatic rings. The fourth-order valence-corrected chi connectivity index (χ4v) is 3.09. The van der Waals surface area contributed by atoms with Gasteiger partial charge in [0.25, 0.3) is 5.91 Å². The third kappa shape index (κ3) is 4.53. The SMILES string of the molecule is CN(C)CCCNC(=O)c1cc(Br)c(Br)s1. The fraction of sp³-hybridized carbons (Fsp3) is 0.500. The first-order chi connectivity index (χ1) is 7.50. The number of nitrogens with zero attached hydrogens (tertiary/aromatic N) is 1. The van der Waals surface area contributed by atoms with E-state index in [-0.39, 0.29) is 5.91 Å². The molecule has 0 saturated carbocycles. The van der Waals surface area contributed by atoms with Gasteiger partial charge in [0.1, 0.15) is 0 Å². The molecule has 0 spiro atoms. The summed E-state index contributed by atoms with van der Waals surface area (Å²) in [4.78, 5) is 14.5. The van der Waals surface area contributed by atoms with Gasteiger partial charge < -0.3 is 10.2 Å². The van der Waals surface area contributed by atoms with Crippen molar-refractivity contribution >= 4 is 49.1 Å². The summed E-state index contributed by atoms with van der Waals surface area (Å²) in [5, 5.41) is 2.90. The molecule has 6 heteroatoms. The van der Waals surface area contributed by atoms with Crippen molar-refractivity contribution in [2.45, 2.75) is 6.42 Å². The van der Waals surface area contributed by atoms with Crippen molar-refractivity contribution in [1.29, 1.82) is 0 Å². The Kier molecular flexibility index (Phi) is 5.96. The summed E-state index contributed by atoms with van der Waals surface area (Å²) >= 11 is 8.17. The Morgan fingerprint density at radius 3 is 2.69 bits per heavy atom. The maximum Gasteiger partial charge on any atom is 0.261 e. The molecule has 1 rings (SSSR count). The van der Waals surface area contributed by atoms with E-state index in [1.807, 2.05) is 20.2 Å². The molecule has 0 radical (unpaired) electrons. The average molecular weight is 370 g/mol. The van der Waals surface area contributed by atoms with Gasteiger partial charge in [0.05, 0.1) is 8.66 Å². The van der Waals surface area contributed by atoms with Gasteiger partial charge in [-0.1, -0.05) is 0 Å². The van der Waals surface area contributed by atoms with Gasteiger partial charge in [0.2, 0.25) is 0 Å². The minimum absolute atomic E-state index is 0.00449. The number of carbonyl (C=O) groups is 1. The lowest BCUT2D eigenvalue weighted by molar-refractivity contribution is 0.0956. The standard InChI is InChI=1S/C10H14Br2N2OS/c1-14(2)5-3-4-13-10(15)8-6-7(11)9(12)16-8/h6H,3-5H2,1-2H3,(H,13,15). The van der Waals surface area contributed by atoms with Gasteiger partial charge in [0, 0.05) is 11.0 Å². The molecule has 90 valence electrons. The highest BCUT2D eigenvalue weighted by molar-refractivity contribution is 9.13. The van der Waals surface area contributed by atoms with Crippen LogP contribution in [0.3, 0.4) is 0 Å². The van der Waals surface area contributed by atoms with Crippen molar-refractivity contribution < 1.29 is 4.79 Å². The summed E-state index contributed by atoms with van der Waals surface area (Å²) in [5.74, 6) is -0.00449. The Morgan fingerprint density at radius 1 is 1.50 bits per heavy atom. The summed E-state index contributed by atoms with van der Waals surface area (Å²) < 4.78 is 1.88. The molecule has 1 amide bonds. The predicted octanol–water partition coefficient (Wildman–Crippen LogP) is 2.95. The van der Waals surface area contributed by atoms with Crippen molar-refractivity contribution in [1.82, 2.24) is 10.2 Å². The van der Waals surface area contributed by atoms with E-state index < -0.39 is 0 Å². The van der Waals surface area contributed by atoms with Crippen LogP contribution in [0.15, 0.2) is 14.3 Å². The molecule has 0 aliphatic heterocycles. The fourth-order valence-electron chi connectivity index (χ4n) is 1.14. The highest BCUT2D eigenvalue weighted by atomic mass is 79.9. The number of hydrogen-bond acceptors (Lipinski definition) is 3. The Balaban J connectivity index is 2.35. The van der Waals surface area contributed by atoms with Crippen LogP contribution in [0.5, 0.6) is 0 Å². The summed E-state index contributed by atoms with van der Waals surface area (Å²) in [6.07, 6.45) is 0.965. The highest BCUT2D eigenvalue weighted by Crippen LogP contribution is 2.32. The van der Waals surface area contributed by atoms with E-state index >= 15 is 0 Å². The maximum atomic E-state index is 11.7. The van der Waals surface area contributed by atoms with E-state index in [9.17, 15) is 4.79 Å². The average Bonchev–Trinajstić information content (AvgIpc) is 2.54. The second-order valence-electron chi connectivity index (χ2n) is 3.65. The second-order valence-corrected chi connectivity index (χ2v) is 6.87. The zero-order chi connectivity index (χ0) is 12.1. The van der Waals surface area contributed by atoms with Crippen LogP contribution in [0.25, 0.3) is 0 Å². The lowest BCUT2D eigenvalue weighted by Gasteiger charge is -2.09. The molecule has 0 aliphatic rings. The zero-order valence-electron chi connectivity index (χ0n) is 9.22. The van der Waals surface area contributed by atoms with Crippen LogP contribution in [0, 0.1) is 0 Å². The lowest BCUT2D eigenvalue weighted by atomic mass is 10.4. The highest BCUT2D eigenvalue weighted by Gasteiger charge is 2.11. The quantitative estimate of drug-likeness (QED) is 0.809. The molecule has 1 heterocycles. The van der Waals surface area contributed by atoms with Crippen molar-refractivity contribution in [3.63, 3.8) is 0 Å². The van der Waals surface area contributed by atoms with Gasteiger partial charge >= 0.3 is 0 Å². The topological polar surface area (TPSA) is 32.3 Å². The van der Waals surface area contributed by atoms with Crippen molar-refractivity contribution in [2.24, 2.45) is 0 Å². The molecule has 0 fully saturated rings. The summed E-state index contributed by atoms with van der Waals surface area (Å²) in [7, 11) is 4.05. The van der Waals surface area contributed by atoms with Crippen LogP contribution in [0.2, 0.25) is 0 Å². The van der Waals surface area contributed by atoms with Crippen LogP contribution in [-0.2, 0) is 0 Å². The number of amides is 1. The van der Waals surface area contributed by atoms with Crippen molar-refractivity contribution in [3.8, 4) is 0 Å². The van der Waals surface area contributed by atoms with Gasteiger partial charge in [-0.25, -0.2) is 0 Å². The number of thiophene rings is 1. The van der Waals surface area contributed by atoms with Crippen molar-refractivity contribution in [3.05, 3.63) is 19.2 Å². The molecule has 3 nitrogen and oxygen atoms in total. The Hall–Kier alpha value is 0.0900. The molecule has 0 atom stereocenters. The van der Waals surface area contributed by atoms with Crippen LogP contribution in [0.1, 0.15) is 16.1 Å². The number of rotatable bonds is 5. The van der Waals surface area contributed by atoms with Crippen LogP contribution >= 0.6 is 43.2 Å². The lowest BCUT2D eigenvalue weighted by Crippen LogP contribution is -2.26. The molecule has 16 heavy (non-hydrogen) atoms. The predicted molar refractivity (Wildman–Crippen MR) is 75.2 cm³/mol. The maximum absolute atomic E-state index is 11.7. The molecule has 0 bridgehead atoms. The summed E-state index contributed by atoms with van der Waals surface area (Å²) in [5.41, 5.74) is 0. The first-order valence-corrected chi connectivity index (χ1v) is 7.28. The van der Waals surface area contributed by atoms with E-state index in [1.165, 1.54) is 11.3 Å². The van der Waals surface area contributed by atoms with E-state index in [0.29, 0.717) is 6.54 Å². The Labute approximate surface area is 116 Å². The number of hydrogen-bond donors (Lipinski definition) is 1.